The summed E-state index contributed by atoms with van der Waals surface area (Å²) in [6, 6.07) is 1.75. The van der Waals surface area contributed by atoms with E-state index >= 15 is 0 Å². The molecule has 0 atom stereocenters. The van der Waals surface area contributed by atoms with E-state index in [1.54, 1.807) is 0 Å². The third-order valence-electron chi connectivity index (χ3n) is 3.76. The van der Waals surface area contributed by atoms with Crippen LogP contribution in [0.5, 0.6) is 0 Å². The van der Waals surface area contributed by atoms with Crippen LogP contribution in [0.2, 0.25) is 0 Å². The Kier molecular flexibility index (Phi) is 6.13. The summed E-state index contributed by atoms with van der Waals surface area (Å²) >= 11 is 0. The van der Waals surface area contributed by atoms with Gasteiger partial charge < -0.3 is 9.88 Å². The number of carbonyl (C=O) groups is 1. The van der Waals surface area contributed by atoms with E-state index in [0.29, 0.717) is 18.9 Å². The standard InChI is InChI=1S/C16H20F3N5O/c1-4-7-24(8-13-22-21-10(2)23(13)3)9-14(25)20-12-6-5-11(17)15(18)16(12)19/h5-6H,4,7-9H2,1-3H3,(H,20,25). The van der Waals surface area contributed by atoms with Crippen LogP contribution in [-0.2, 0) is 18.4 Å². The minimum absolute atomic E-state index is 0.0435. The van der Waals surface area contributed by atoms with Crippen molar-refractivity contribution in [1.82, 2.24) is 19.7 Å². The number of nitrogens with zero attached hydrogens (tertiary/aromatic N) is 4. The Hall–Kier alpha value is -2.42. The monoisotopic (exact) mass is 355 g/mol. The van der Waals surface area contributed by atoms with Gasteiger partial charge in [-0.2, -0.15) is 0 Å². The summed E-state index contributed by atoms with van der Waals surface area (Å²) in [4.78, 5) is 14.0. The van der Waals surface area contributed by atoms with Crippen molar-refractivity contribution in [2.45, 2.75) is 26.8 Å². The van der Waals surface area contributed by atoms with Gasteiger partial charge in [0, 0.05) is 7.05 Å². The third kappa shape index (κ3) is 4.56. The van der Waals surface area contributed by atoms with Gasteiger partial charge in [-0.3, -0.25) is 9.69 Å². The summed E-state index contributed by atoms with van der Waals surface area (Å²) in [6.07, 6.45) is 0.795. The van der Waals surface area contributed by atoms with Crippen LogP contribution >= 0.6 is 0 Å². The molecule has 0 aliphatic heterocycles. The number of aryl methyl sites for hydroxylation is 1. The number of rotatable bonds is 7. The van der Waals surface area contributed by atoms with Gasteiger partial charge in [0.2, 0.25) is 5.91 Å². The number of benzene rings is 1. The van der Waals surface area contributed by atoms with E-state index in [0.717, 1.165) is 24.4 Å². The van der Waals surface area contributed by atoms with Crippen LogP contribution in [-0.4, -0.2) is 38.7 Å². The van der Waals surface area contributed by atoms with Crippen molar-refractivity contribution >= 4 is 11.6 Å². The Balaban J connectivity index is 2.05. The highest BCUT2D eigenvalue weighted by Crippen LogP contribution is 2.19. The van der Waals surface area contributed by atoms with Gasteiger partial charge in [0.05, 0.1) is 18.8 Å². The van der Waals surface area contributed by atoms with E-state index in [1.165, 1.54) is 0 Å². The lowest BCUT2D eigenvalue weighted by Gasteiger charge is -2.20. The van der Waals surface area contributed by atoms with E-state index < -0.39 is 29.0 Å². The average Bonchev–Trinajstić information content (AvgIpc) is 2.87. The Morgan fingerprint density at radius 3 is 2.56 bits per heavy atom. The fourth-order valence-corrected chi connectivity index (χ4v) is 2.33. The fraction of sp³-hybridized carbons (Fsp3) is 0.438. The lowest BCUT2D eigenvalue weighted by Crippen LogP contribution is -2.34. The molecule has 9 heteroatoms. The van der Waals surface area contributed by atoms with Crippen molar-refractivity contribution < 1.29 is 18.0 Å². The first-order chi connectivity index (χ1) is 11.8. The van der Waals surface area contributed by atoms with Gasteiger partial charge in [0.15, 0.2) is 17.5 Å². The van der Waals surface area contributed by atoms with Crippen LogP contribution < -0.4 is 5.32 Å². The smallest absolute Gasteiger partial charge is 0.238 e. The summed E-state index contributed by atoms with van der Waals surface area (Å²) in [6.45, 7) is 4.73. The molecule has 6 nitrogen and oxygen atoms in total. The number of hydrogen-bond acceptors (Lipinski definition) is 4. The molecule has 2 aromatic rings. The summed E-state index contributed by atoms with van der Waals surface area (Å²) in [5, 5.41) is 10.3. The van der Waals surface area contributed by atoms with E-state index in [1.807, 2.05) is 30.4 Å². The molecule has 1 aromatic carbocycles. The predicted molar refractivity (Wildman–Crippen MR) is 86.3 cm³/mol. The molecule has 0 bridgehead atoms. The molecular formula is C16H20F3N5O. The van der Waals surface area contributed by atoms with E-state index in [9.17, 15) is 18.0 Å². The van der Waals surface area contributed by atoms with Crippen molar-refractivity contribution in [2.75, 3.05) is 18.4 Å². The Morgan fingerprint density at radius 2 is 1.96 bits per heavy atom. The highest BCUT2D eigenvalue weighted by molar-refractivity contribution is 5.92. The van der Waals surface area contributed by atoms with Crippen LogP contribution in [0.25, 0.3) is 0 Å². The second-order valence-corrected chi connectivity index (χ2v) is 5.70. The largest absolute Gasteiger partial charge is 0.322 e. The maximum absolute atomic E-state index is 13.6. The lowest BCUT2D eigenvalue weighted by molar-refractivity contribution is -0.117. The molecule has 25 heavy (non-hydrogen) atoms. The molecule has 1 aromatic heterocycles. The minimum Gasteiger partial charge on any atom is -0.322 e. The zero-order chi connectivity index (χ0) is 18.6. The van der Waals surface area contributed by atoms with Gasteiger partial charge in [0.1, 0.15) is 11.6 Å². The molecule has 1 heterocycles. The molecule has 0 radical (unpaired) electrons. The topological polar surface area (TPSA) is 63.1 Å². The van der Waals surface area contributed by atoms with Gasteiger partial charge >= 0.3 is 0 Å². The molecule has 136 valence electrons. The average molecular weight is 355 g/mol. The number of carbonyl (C=O) groups excluding carboxylic acids is 1. The molecule has 2 rings (SSSR count). The van der Waals surface area contributed by atoms with Gasteiger partial charge in [0.25, 0.3) is 0 Å². The summed E-state index contributed by atoms with van der Waals surface area (Å²) in [5.41, 5.74) is -0.394. The van der Waals surface area contributed by atoms with Crippen LogP contribution in [0, 0.1) is 24.4 Å². The van der Waals surface area contributed by atoms with Crippen molar-refractivity contribution in [3.05, 3.63) is 41.2 Å². The number of aromatic nitrogens is 3. The van der Waals surface area contributed by atoms with Crippen molar-refractivity contribution in [3.63, 3.8) is 0 Å². The molecule has 0 spiro atoms. The van der Waals surface area contributed by atoms with Crippen LogP contribution in [0.1, 0.15) is 25.0 Å². The van der Waals surface area contributed by atoms with Crippen LogP contribution in [0.15, 0.2) is 12.1 Å². The van der Waals surface area contributed by atoms with Gasteiger partial charge in [-0.1, -0.05) is 6.92 Å². The number of halogens is 3. The molecule has 0 fully saturated rings. The lowest BCUT2D eigenvalue weighted by atomic mass is 10.2. The summed E-state index contributed by atoms with van der Waals surface area (Å²) in [7, 11) is 1.82. The first kappa shape index (κ1) is 18.9. The van der Waals surface area contributed by atoms with E-state index in [4.69, 9.17) is 0 Å². The van der Waals surface area contributed by atoms with Crippen LogP contribution in [0.3, 0.4) is 0 Å². The van der Waals surface area contributed by atoms with Crippen molar-refractivity contribution in [2.24, 2.45) is 7.05 Å². The number of hydrogen-bond donors (Lipinski definition) is 1. The summed E-state index contributed by atoms with van der Waals surface area (Å²) < 4.78 is 41.6. The minimum atomic E-state index is -1.61. The number of nitrogens with one attached hydrogen (secondary N) is 1. The molecule has 0 aliphatic rings. The van der Waals surface area contributed by atoms with Crippen molar-refractivity contribution in [1.29, 1.82) is 0 Å². The van der Waals surface area contributed by atoms with Crippen LogP contribution in [0.4, 0.5) is 18.9 Å². The molecule has 1 amide bonds. The first-order valence-corrected chi connectivity index (χ1v) is 7.84. The molecular weight excluding hydrogens is 335 g/mol. The highest BCUT2D eigenvalue weighted by atomic mass is 19.2. The predicted octanol–water partition coefficient (Wildman–Crippen LogP) is 2.39. The summed E-state index contributed by atoms with van der Waals surface area (Å²) in [5.74, 6) is -3.42. The highest BCUT2D eigenvalue weighted by Gasteiger charge is 2.18. The molecule has 0 saturated heterocycles. The van der Waals surface area contributed by atoms with Crippen molar-refractivity contribution in [3.8, 4) is 0 Å². The maximum atomic E-state index is 13.6. The Labute approximate surface area is 143 Å². The molecule has 0 aliphatic carbocycles. The molecule has 0 unspecified atom stereocenters. The Morgan fingerprint density at radius 1 is 1.24 bits per heavy atom. The Bertz CT molecular complexity index is 762. The van der Waals surface area contributed by atoms with E-state index in [-0.39, 0.29) is 6.54 Å². The first-order valence-electron chi connectivity index (χ1n) is 7.84. The second-order valence-electron chi connectivity index (χ2n) is 5.70. The SMILES string of the molecule is CCCN(CC(=O)Nc1ccc(F)c(F)c1F)Cc1nnc(C)n1C. The third-order valence-corrected chi connectivity index (χ3v) is 3.76. The van der Waals surface area contributed by atoms with Gasteiger partial charge in [-0.25, -0.2) is 13.2 Å². The van der Waals surface area contributed by atoms with E-state index in [2.05, 4.69) is 15.5 Å². The number of amides is 1. The van der Waals surface area contributed by atoms with Gasteiger partial charge in [-0.05, 0) is 32.0 Å². The normalized spacial score (nSPS) is 11.2. The molecule has 1 N–H and O–H groups in total. The maximum Gasteiger partial charge on any atom is 0.238 e. The number of anilines is 1. The zero-order valence-corrected chi connectivity index (χ0v) is 14.3. The quantitative estimate of drug-likeness (QED) is 0.775. The molecule has 0 saturated carbocycles. The second kappa shape index (κ2) is 8.11. The fourth-order valence-electron chi connectivity index (χ4n) is 2.33. The zero-order valence-electron chi connectivity index (χ0n) is 14.3. The van der Waals surface area contributed by atoms with Gasteiger partial charge in [-0.15, -0.1) is 10.2 Å².